The van der Waals surface area contributed by atoms with E-state index in [9.17, 15) is 0 Å². The van der Waals surface area contributed by atoms with Gasteiger partial charge in [0.05, 0.1) is 10.7 Å². The summed E-state index contributed by atoms with van der Waals surface area (Å²) in [4.78, 5) is 7.22. The van der Waals surface area contributed by atoms with Crippen molar-refractivity contribution in [3.63, 3.8) is 0 Å². The van der Waals surface area contributed by atoms with E-state index >= 15 is 0 Å². The molecule has 2 rings (SSSR count). The highest BCUT2D eigenvalue weighted by Gasteiger charge is 2.21. The van der Waals surface area contributed by atoms with E-state index in [0.29, 0.717) is 0 Å². The van der Waals surface area contributed by atoms with Crippen molar-refractivity contribution in [1.29, 1.82) is 0 Å². The maximum absolute atomic E-state index is 4.74. The monoisotopic (exact) mass is 253 g/mol. The summed E-state index contributed by atoms with van der Waals surface area (Å²) in [6.45, 7) is 2.34. The van der Waals surface area contributed by atoms with Crippen LogP contribution < -0.4 is 5.32 Å². The van der Waals surface area contributed by atoms with E-state index in [4.69, 9.17) is 4.98 Å². The van der Waals surface area contributed by atoms with Crippen LogP contribution in [0.25, 0.3) is 0 Å². The van der Waals surface area contributed by atoms with E-state index in [1.54, 1.807) is 0 Å². The Morgan fingerprint density at radius 3 is 3.18 bits per heavy atom. The van der Waals surface area contributed by atoms with Gasteiger partial charge in [0.1, 0.15) is 0 Å². The Labute approximate surface area is 108 Å². The van der Waals surface area contributed by atoms with Crippen LogP contribution >= 0.6 is 11.3 Å². The summed E-state index contributed by atoms with van der Waals surface area (Å²) in [5, 5.41) is 6.74. The molecule has 3 nitrogen and oxygen atoms in total. The van der Waals surface area contributed by atoms with Gasteiger partial charge >= 0.3 is 0 Å². The Morgan fingerprint density at radius 2 is 2.47 bits per heavy atom. The van der Waals surface area contributed by atoms with E-state index < -0.39 is 0 Å². The summed E-state index contributed by atoms with van der Waals surface area (Å²) in [6.07, 6.45) is 6.13. The molecule has 1 aromatic heterocycles. The van der Waals surface area contributed by atoms with Crippen molar-refractivity contribution in [2.24, 2.45) is 0 Å². The van der Waals surface area contributed by atoms with Gasteiger partial charge in [0.25, 0.3) is 0 Å². The van der Waals surface area contributed by atoms with Crippen LogP contribution in [0, 0.1) is 0 Å². The Hall–Kier alpha value is -0.450. The highest BCUT2D eigenvalue weighted by atomic mass is 32.1. The molecule has 96 valence electrons. The minimum atomic E-state index is 0.728. The van der Waals surface area contributed by atoms with E-state index in [0.717, 1.165) is 25.4 Å². The number of hydrogen-bond donors (Lipinski definition) is 1. The number of rotatable bonds is 6. The standard InChI is InChI=1S/C13H23N3S/c1-14-7-3-5-11-10-17-13(15-11)9-12-6-4-8-16(12)2/h10,12,14H,3-9H2,1-2H3. The first-order valence-electron chi connectivity index (χ1n) is 6.57. The number of likely N-dealkylation sites (tertiary alicyclic amines) is 1. The molecule has 17 heavy (non-hydrogen) atoms. The smallest absolute Gasteiger partial charge is 0.0943 e. The lowest BCUT2D eigenvalue weighted by Gasteiger charge is -2.17. The molecule has 1 unspecified atom stereocenters. The van der Waals surface area contributed by atoms with E-state index in [1.165, 1.54) is 36.5 Å². The summed E-state index contributed by atoms with van der Waals surface area (Å²) in [5.74, 6) is 0. The Morgan fingerprint density at radius 1 is 1.59 bits per heavy atom. The maximum atomic E-state index is 4.74. The number of nitrogens with zero attached hydrogens (tertiary/aromatic N) is 2. The van der Waals surface area contributed by atoms with Crippen molar-refractivity contribution in [3.8, 4) is 0 Å². The molecule has 0 spiro atoms. The molecule has 0 aromatic carbocycles. The van der Waals surface area contributed by atoms with Crippen molar-refractivity contribution in [3.05, 3.63) is 16.1 Å². The van der Waals surface area contributed by atoms with Crippen LogP contribution in [-0.4, -0.2) is 43.1 Å². The molecule has 0 bridgehead atoms. The largest absolute Gasteiger partial charge is 0.320 e. The third-order valence-electron chi connectivity index (χ3n) is 3.54. The van der Waals surface area contributed by atoms with Gasteiger partial charge in [0.2, 0.25) is 0 Å². The van der Waals surface area contributed by atoms with Crippen LogP contribution in [0.3, 0.4) is 0 Å². The molecule has 1 aromatic rings. The quantitative estimate of drug-likeness (QED) is 0.785. The van der Waals surface area contributed by atoms with Gasteiger partial charge in [-0.2, -0.15) is 0 Å². The molecular formula is C13H23N3S. The van der Waals surface area contributed by atoms with Gasteiger partial charge in [-0.3, -0.25) is 0 Å². The molecule has 1 fully saturated rings. The van der Waals surface area contributed by atoms with Crippen molar-refractivity contribution < 1.29 is 0 Å². The van der Waals surface area contributed by atoms with Gasteiger partial charge in [-0.1, -0.05) is 0 Å². The number of thiazole rings is 1. The normalized spacial score (nSPS) is 21.2. The summed E-state index contributed by atoms with van der Waals surface area (Å²) >= 11 is 1.84. The Bertz CT molecular complexity index is 337. The van der Waals surface area contributed by atoms with Crippen molar-refractivity contribution in [1.82, 2.24) is 15.2 Å². The molecule has 4 heteroatoms. The second-order valence-electron chi connectivity index (χ2n) is 4.92. The van der Waals surface area contributed by atoms with Gasteiger partial charge < -0.3 is 10.2 Å². The summed E-state index contributed by atoms with van der Waals surface area (Å²) < 4.78 is 0. The van der Waals surface area contributed by atoms with E-state index in [-0.39, 0.29) is 0 Å². The topological polar surface area (TPSA) is 28.2 Å². The molecule has 1 atom stereocenters. The van der Waals surface area contributed by atoms with Gasteiger partial charge in [-0.15, -0.1) is 11.3 Å². The summed E-state index contributed by atoms with van der Waals surface area (Å²) in [6, 6.07) is 0.728. The number of aromatic nitrogens is 1. The molecule has 1 aliphatic heterocycles. The van der Waals surface area contributed by atoms with Crippen LogP contribution in [0.1, 0.15) is 30.0 Å². The van der Waals surface area contributed by atoms with Crippen LogP contribution in [0.15, 0.2) is 5.38 Å². The van der Waals surface area contributed by atoms with E-state index in [1.807, 2.05) is 18.4 Å². The molecule has 0 saturated carbocycles. The zero-order valence-electron chi connectivity index (χ0n) is 10.9. The summed E-state index contributed by atoms with van der Waals surface area (Å²) in [5.41, 5.74) is 1.28. The Balaban J connectivity index is 1.81. The lowest BCUT2D eigenvalue weighted by Crippen LogP contribution is -2.26. The predicted molar refractivity (Wildman–Crippen MR) is 73.7 cm³/mol. The molecule has 0 aliphatic carbocycles. The van der Waals surface area contributed by atoms with Gasteiger partial charge in [0, 0.05) is 17.8 Å². The average molecular weight is 253 g/mol. The van der Waals surface area contributed by atoms with Crippen LogP contribution in [0.2, 0.25) is 0 Å². The zero-order valence-corrected chi connectivity index (χ0v) is 11.7. The maximum Gasteiger partial charge on any atom is 0.0943 e. The number of likely N-dealkylation sites (N-methyl/N-ethyl adjacent to an activating group) is 1. The van der Waals surface area contributed by atoms with E-state index in [2.05, 4.69) is 22.6 Å². The van der Waals surface area contributed by atoms with Crippen molar-refractivity contribution in [2.45, 2.75) is 38.1 Å². The second-order valence-corrected chi connectivity index (χ2v) is 5.86. The molecule has 2 heterocycles. The fourth-order valence-electron chi connectivity index (χ4n) is 2.44. The van der Waals surface area contributed by atoms with Crippen molar-refractivity contribution in [2.75, 3.05) is 27.2 Å². The lowest BCUT2D eigenvalue weighted by atomic mass is 10.1. The number of nitrogens with one attached hydrogen (secondary N) is 1. The second kappa shape index (κ2) is 6.47. The highest BCUT2D eigenvalue weighted by molar-refractivity contribution is 7.09. The molecule has 1 N–H and O–H groups in total. The molecule has 0 radical (unpaired) electrons. The van der Waals surface area contributed by atoms with Gasteiger partial charge in [-0.25, -0.2) is 4.98 Å². The minimum absolute atomic E-state index is 0.728. The van der Waals surface area contributed by atoms with Gasteiger partial charge in [0.15, 0.2) is 0 Å². The van der Waals surface area contributed by atoms with Crippen LogP contribution in [-0.2, 0) is 12.8 Å². The minimum Gasteiger partial charge on any atom is -0.320 e. The molecule has 0 amide bonds. The number of hydrogen-bond acceptors (Lipinski definition) is 4. The van der Waals surface area contributed by atoms with Crippen LogP contribution in [0.5, 0.6) is 0 Å². The summed E-state index contributed by atoms with van der Waals surface area (Å²) in [7, 11) is 4.24. The fraction of sp³-hybridized carbons (Fsp3) is 0.769. The first-order chi connectivity index (χ1) is 8.29. The number of aryl methyl sites for hydroxylation is 1. The molecule has 1 aliphatic rings. The SMILES string of the molecule is CNCCCc1csc(CC2CCCN2C)n1. The first kappa shape index (κ1) is 13.0. The van der Waals surface area contributed by atoms with Crippen molar-refractivity contribution >= 4 is 11.3 Å². The third kappa shape index (κ3) is 3.76. The lowest BCUT2D eigenvalue weighted by molar-refractivity contribution is 0.309. The molecule has 1 saturated heterocycles. The zero-order chi connectivity index (χ0) is 12.1. The third-order valence-corrected chi connectivity index (χ3v) is 4.46. The predicted octanol–water partition coefficient (Wildman–Crippen LogP) is 1.93. The Kier molecular flexibility index (Phi) is 4.95. The average Bonchev–Trinajstić information content (AvgIpc) is 2.91. The highest BCUT2D eigenvalue weighted by Crippen LogP contribution is 2.21. The first-order valence-corrected chi connectivity index (χ1v) is 7.45. The molecular weight excluding hydrogens is 230 g/mol. The fourth-order valence-corrected chi connectivity index (χ4v) is 3.34. The van der Waals surface area contributed by atoms with Gasteiger partial charge in [-0.05, 0) is 52.9 Å². The van der Waals surface area contributed by atoms with Crippen LogP contribution in [0.4, 0.5) is 0 Å².